The van der Waals surface area contributed by atoms with E-state index in [4.69, 9.17) is 0 Å². The van der Waals surface area contributed by atoms with Gasteiger partial charge in [0.1, 0.15) is 10.5 Å². The molecule has 3 saturated heterocycles. The first-order valence-corrected chi connectivity index (χ1v) is 8.90. The fourth-order valence-corrected chi connectivity index (χ4v) is 4.98. The van der Waals surface area contributed by atoms with Crippen molar-refractivity contribution in [3.8, 4) is 0 Å². The number of rotatable bonds is 1. The summed E-state index contributed by atoms with van der Waals surface area (Å²) in [6.07, 6.45) is 4.35. The van der Waals surface area contributed by atoms with Gasteiger partial charge in [0.25, 0.3) is 5.91 Å². The monoisotopic (exact) mass is 326 g/mol. The second-order valence-corrected chi connectivity index (χ2v) is 7.65. The van der Waals surface area contributed by atoms with E-state index in [1.165, 1.54) is 17.8 Å². The molecule has 0 aliphatic carbocycles. The van der Waals surface area contributed by atoms with Crippen LogP contribution >= 0.6 is 11.3 Å². The Hall–Kier alpha value is -1.92. The van der Waals surface area contributed by atoms with Crippen LogP contribution < -0.4 is 0 Å². The van der Waals surface area contributed by atoms with Crippen LogP contribution in [-0.4, -0.2) is 57.3 Å². The van der Waals surface area contributed by atoms with Crippen LogP contribution in [0.3, 0.4) is 0 Å². The van der Waals surface area contributed by atoms with Crippen LogP contribution in [-0.2, 0) is 0 Å². The van der Waals surface area contributed by atoms with E-state index in [9.17, 15) is 4.79 Å². The van der Waals surface area contributed by atoms with E-state index < -0.39 is 0 Å². The van der Waals surface area contributed by atoms with Crippen LogP contribution in [0.5, 0.6) is 0 Å². The molecule has 2 unspecified atom stereocenters. The number of carbonyl (C=O) groups is 1. The Labute approximate surface area is 138 Å². The van der Waals surface area contributed by atoms with Crippen LogP contribution in [0.25, 0.3) is 16.0 Å². The van der Waals surface area contributed by atoms with Gasteiger partial charge in [-0.2, -0.15) is 0 Å². The molecule has 6 heterocycles. The third-order valence-electron chi connectivity index (χ3n) is 5.28. The summed E-state index contributed by atoms with van der Waals surface area (Å²) in [7, 11) is 2.17. The first-order chi connectivity index (χ1) is 11.2. The number of hydrogen-bond donors (Lipinski definition) is 0. The number of thiophene rings is 1. The number of hydrogen-bond acceptors (Lipinski definition) is 4. The van der Waals surface area contributed by atoms with Crippen molar-refractivity contribution in [3.05, 3.63) is 35.3 Å². The van der Waals surface area contributed by atoms with Gasteiger partial charge < -0.3 is 4.90 Å². The fraction of sp³-hybridized carbons (Fsp3) is 0.412. The number of fused-ring (bicyclic) bond motifs is 6. The zero-order valence-electron chi connectivity index (χ0n) is 13.0. The van der Waals surface area contributed by atoms with Crippen molar-refractivity contribution in [2.45, 2.75) is 24.9 Å². The molecule has 118 valence electrons. The second kappa shape index (κ2) is 4.79. The Morgan fingerprint density at radius 1 is 1.26 bits per heavy atom. The third kappa shape index (κ3) is 1.95. The van der Waals surface area contributed by atoms with Gasteiger partial charge in [0.2, 0.25) is 0 Å². The molecule has 2 bridgehead atoms. The van der Waals surface area contributed by atoms with Crippen molar-refractivity contribution in [1.29, 1.82) is 0 Å². The van der Waals surface area contributed by atoms with Crippen molar-refractivity contribution in [1.82, 2.24) is 19.2 Å². The lowest BCUT2D eigenvalue weighted by molar-refractivity contribution is 0.000223. The molecule has 23 heavy (non-hydrogen) atoms. The first kappa shape index (κ1) is 13.5. The average Bonchev–Trinajstić information content (AvgIpc) is 3.12. The summed E-state index contributed by atoms with van der Waals surface area (Å²) in [5.74, 6) is 0.181. The van der Waals surface area contributed by atoms with Gasteiger partial charge in [0.05, 0.1) is 10.4 Å². The fourth-order valence-electron chi connectivity index (χ4n) is 3.99. The molecular weight excluding hydrogens is 308 g/mol. The van der Waals surface area contributed by atoms with Gasteiger partial charge in [0.15, 0.2) is 0 Å². The number of likely N-dealkylation sites (N-methyl/N-ethyl adjacent to an activating group) is 1. The summed E-state index contributed by atoms with van der Waals surface area (Å²) in [4.78, 5) is 23.9. The Morgan fingerprint density at radius 3 is 2.91 bits per heavy atom. The number of pyridine rings is 1. The van der Waals surface area contributed by atoms with Crippen molar-refractivity contribution < 1.29 is 4.79 Å². The Balaban J connectivity index is 1.52. The number of imidazole rings is 1. The smallest absolute Gasteiger partial charge is 0.264 e. The van der Waals surface area contributed by atoms with Crippen molar-refractivity contribution in [3.63, 3.8) is 0 Å². The van der Waals surface area contributed by atoms with Gasteiger partial charge in [-0.15, -0.1) is 11.3 Å². The highest BCUT2D eigenvalue weighted by Gasteiger charge is 2.40. The zero-order valence-corrected chi connectivity index (χ0v) is 13.8. The summed E-state index contributed by atoms with van der Waals surface area (Å²) < 4.78 is 2.05. The standard InChI is InChI=1S/C17H18N4OS/c1-19-9-12-6-5-11(19)10-21(12)17(22)14-8-13-16(23-14)18-15-4-2-3-7-20(13)15/h2-4,7-8,11-12H,5-6,9-10H2,1H3. The Kier molecular flexibility index (Phi) is 2.81. The molecule has 3 aromatic heterocycles. The summed E-state index contributed by atoms with van der Waals surface area (Å²) >= 11 is 1.52. The van der Waals surface area contributed by atoms with E-state index in [1.807, 2.05) is 30.5 Å². The van der Waals surface area contributed by atoms with Gasteiger partial charge in [-0.3, -0.25) is 14.1 Å². The van der Waals surface area contributed by atoms with Gasteiger partial charge in [0, 0.05) is 31.4 Å². The molecule has 0 spiro atoms. The molecule has 2 atom stereocenters. The Bertz CT molecular complexity index is 914. The minimum atomic E-state index is 0.181. The molecule has 3 fully saturated rings. The number of carbonyl (C=O) groups excluding carboxylic acids is 1. The molecule has 6 heteroatoms. The number of piperidine rings is 2. The van der Waals surface area contributed by atoms with Crippen LogP contribution in [0, 0.1) is 0 Å². The van der Waals surface area contributed by atoms with Crippen LogP contribution in [0.4, 0.5) is 0 Å². The van der Waals surface area contributed by atoms with Gasteiger partial charge >= 0.3 is 0 Å². The normalized spacial score (nSPS) is 24.8. The number of aromatic nitrogens is 2. The SMILES string of the molecule is CN1CC2CCC1CN2C(=O)c1cc2c(nc3ccccn32)s1. The van der Waals surface area contributed by atoms with E-state index in [2.05, 4.69) is 26.2 Å². The van der Waals surface area contributed by atoms with E-state index in [0.717, 1.165) is 40.4 Å². The minimum Gasteiger partial charge on any atom is -0.332 e. The van der Waals surface area contributed by atoms with E-state index in [-0.39, 0.29) is 5.91 Å². The molecule has 3 aromatic rings. The van der Waals surface area contributed by atoms with Crippen LogP contribution in [0.2, 0.25) is 0 Å². The molecule has 3 aliphatic heterocycles. The number of amides is 1. The molecule has 1 amide bonds. The molecule has 0 radical (unpaired) electrons. The summed E-state index contributed by atoms with van der Waals surface area (Å²) in [6, 6.07) is 8.87. The molecule has 5 nitrogen and oxygen atoms in total. The highest BCUT2D eigenvalue weighted by molar-refractivity contribution is 7.20. The van der Waals surface area contributed by atoms with Gasteiger partial charge in [-0.1, -0.05) is 6.07 Å². The third-order valence-corrected chi connectivity index (χ3v) is 6.29. The molecule has 6 rings (SSSR count). The summed E-state index contributed by atoms with van der Waals surface area (Å²) in [5.41, 5.74) is 1.97. The maximum atomic E-state index is 13.0. The average molecular weight is 326 g/mol. The van der Waals surface area contributed by atoms with Crippen molar-refractivity contribution >= 4 is 33.2 Å². The maximum Gasteiger partial charge on any atom is 0.264 e. The lowest BCUT2D eigenvalue weighted by Crippen LogP contribution is -2.62. The highest BCUT2D eigenvalue weighted by Crippen LogP contribution is 2.32. The predicted molar refractivity (Wildman–Crippen MR) is 91.1 cm³/mol. The van der Waals surface area contributed by atoms with Gasteiger partial charge in [-0.05, 0) is 38.1 Å². The summed E-state index contributed by atoms with van der Waals surface area (Å²) in [5, 5.41) is 0. The maximum absolute atomic E-state index is 13.0. The molecule has 0 N–H and O–H groups in total. The lowest BCUT2D eigenvalue weighted by atomic mass is 9.91. The topological polar surface area (TPSA) is 40.8 Å². The molecule has 3 aliphatic rings. The lowest BCUT2D eigenvalue weighted by Gasteiger charge is -2.50. The first-order valence-electron chi connectivity index (χ1n) is 8.08. The summed E-state index contributed by atoms with van der Waals surface area (Å²) in [6.45, 7) is 1.87. The number of nitrogens with zero attached hydrogens (tertiary/aromatic N) is 4. The van der Waals surface area contributed by atoms with E-state index in [1.54, 1.807) is 0 Å². The molecule has 0 saturated carbocycles. The zero-order chi connectivity index (χ0) is 15.6. The van der Waals surface area contributed by atoms with E-state index in [0.29, 0.717) is 12.1 Å². The van der Waals surface area contributed by atoms with Crippen molar-refractivity contribution in [2.24, 2.45) is 0 Å². The molecular formula is C17H18N4OS. The largest absolute Gasteiger partial charge is 0.332 e. The quantitative estimate of drug-likeness (QED) is 0.690. The Morgan fingerprint density at radius 2 is 2.13 bits per heavy atom. The predicted octanol–water partition coefficient (Wildman–Crippen LogP) is 2.47. The van der Waals surface area contributed by atoms with Crippen molar-refractivity contribution in [2.75, 3.05) is 20.1 Å². The molecule has 0 aromatic carbocycles. The highest BCUT2D eigenvalue weighted by atomic mass is 32.1. The minimum absolute atomic E-state index is 0.181. The van der Waals surface area contributed by atoms with E-state index >= 15 is 0 Å². The second-order valence-electron chi connectivity index (χ2n) is 6.62. The number of piperazine rings is 1. The van der Waals surface area contributed by atoms with Gasteiger partial charge in [-0.25, -0.2) is 4.98 Å². The van der Waals surface area contributed by atoms with Crippen LogP contribution in [0.1, 0.15) is 22.5 Å². The van der Waals surface area contributed by atoms with Crippen LogP contribution in [0.15, 0.2) is 30.5 Å².